The Hall–Kier alpha value is -2.94. The topological polar surface area (TPSA) is 26.3 Å². The van der Waals surface area contributed by atoms with Gasteiger partial charge in [0.05, 0.1) is 0 Å². The molecule has 0 spiro atoms. The molecule has 2 nitrogen and oxygen atoms in total. The third-order valence-electron chi connectivity index (χ3n) is 3.49. The van der Waals surface area contributed by atoms with Gasteiger partial charge in [0.1, 0.15) is 11.6 Å². The van der Waals surface area contributed by atoms with Crippen molar-refractivity contribution < 1.29 is 13.9 Å². The van der Waals surface area contributed by atoms with Crippen LogP contribution in [0.2, 0.25) is 0 Å². The van der Waals surface area contributed by atoms with Gasteiger partial charge in [0.15, 0.2) is 12.4 Å². The number of ether oxygens (including phenoxy) is 1. The van der Waals surface area contributed by atoms with Crippen molar-refractivity contribution in [1.82, 2.24) is 0 Å². The zero-order valence-electron chi connectivity index (χ0n) is 12.4. The van der Waals surface area contributed by atoms with Gasteiger partial charge in [-0.05, 0) is 23.8 Å². The van der Waals surface area contributed by atoms with Gasteiger partial charge in [-0.25, -0.2) is 4.39 Å². The first-order valence-electron chi connectivity index (χ1n) is 7.30. The molecular formula is C20H15FO2. The summed E-state index contributed by atoms with van der Waals surface area (Å²) in [5.41, 5.74) is 1.56. The predicted octanol–water partition coefficient (Wildman–Crippen LogP) is 4.75. The van der Waals surface area contributed by atoms with Gasteiger partial charge in [-0.1, -0.05) is 60.7 Å². The molecule has 0 saturated carbocycles. The van der Waals surface area contributed by atoms with Crippen molar-refractivity contribution in [1.29, 1.82) is 0 Å². The molecule has 0 aliphatic heterocycles. The van der Waals surface area contributed by atoms with E-state index in [0.29, 0.717) is 16.9 Å². The Morgan fingerprint density at radius 1 is 0.870 bits per heavy atom. The van der Waals surface area contributed by atoms with Crippen molar-refractivity contribution in [2.45, 2.75) is 0 Å². The number of para-hydroxylation sites is 1. The van der Waals surface area contributed by atoms with Crippen LogP contribution in [0.3, 0.4) is 0 Å². The lowest BCUT2D eigenvalue weighted by molar-refractivity contribution is 0.0921. The van der Waals surface area contributed by atoms with Gasteiger partial charge < -0.3 is 4.74 Å². The summed E-state index contributed by atoms with van der Waals surface area (Å²) < 4.78 is 19.7. The maximum absolute atomic E-state index is 14.3. The molecule has 0 aliphatic rings. The van der Waals surface area contributed by atoms with Gasteiger partial charge in [-0.15, -0.1) is 0 Å². The molecular weight excluding hydrogens is 291 g/mol. The van der Waals surface area contributed by atoms with Crippen molar-refractivity contribution >= 4 is 5.78 Å². The summed E-state index contributed by atoms with van der Waals surface area (Å²) in [6.07, 6.45) is 0. The fourth-order valence-corrected chi connectivity index (χ4v) is 2.29. The van der Waals surface area contributed by atoms with E-state index in [2.05, 4.69) is 0 Å². The van der Waals surface area contributed by atoms with Gasteiger partial charge in [0.2, 0.25) is 0 Å². The van der Waals surface area contributed by atoms with Crippen molar-refractivity contribution in [3.63, 3.8) is 0 Å². The van der Waals surface area contributed by atoms with Gasteiger partial charge in [-0.2, -0.15) is 0 Å². The Morgan fingerprint density at radius 3 is 2.17 bits per heavy atom. The lowest BCUT2D eigenvalue weighted by atomic mass is 10.0. The van der Waals surface area contributed by atoms with Crippen LogP contribution in [0.4, 0.5) is 4.39 Å². The van der Waals surface area contributed by atoms with Gasteiger partial charge in [-0.3, -0.25) is 4.79 Å². The van der Waals surface area contributed by atoms with Crippen LogP contribution >= 0.6 is 0 Å². The van der Waals surface area contributed by atoms with E-state index in [4.69, 9.17) is 4.74 Å². The van der Waals surface area contributed by atoms with Crippen molar-refractivity contribution in [3.05, 3.63) is 90.2 Å². The Morgan fingerprint density at radius 2 is 1.52 bits per heavy atom. The summed E-state index contributed by atoms with van der Waals surface area (Å²) >= 11 is 0. The van der Waals surface area contributed by atoms with Crippen LogP contribution in [0.15, 0.2) is 78.9 Å². The van der Waals surface area contributed by atoms with E-state index in [1.165, 1.54) is 6.07 Å². The first kappa shape index (κ1) is 15.0. The zero-order valence-corrected chi connectivity index (χ0v) is 12.4. The molecule has 114 valence electrons. The molecule has 0 fully saturated rings. The maximum atomic E-state index is 14.3. The average Bonchev–Trinajstić information content (AvgIpc) is 2.61. The van der Waals surface area contributed by atoms with Gasteiger partial charge in [0, 0.05) is 11.1 Å². The molecule has 0 radical (unpaired) electrons. The van der Waals surface area contributed by atoms with Crippen molar-refractivity contribution in [2.75, 3.05) is 6.61 Å². The third-order valence-corrected chi connectivity index (χ3v) is 3.49. The Balaban J connectivity index is 1.73. The number of hydrogen-bond acceptors (Lipinski definition) is 2. The number of carbonyl (C=O) groups is 1. The van der Waals surface area contributed by atoms with Gasteiger partial charge in [0.25, 0.3) is 0 Å². The van der Waals surface area contributed by atoms with Crippen LogP contribution in [0.1, 0.15) is 10.4 Å². The largest absolute Gasteiger partial charge is 0.485 e. The quantitative estimate of drug-likeness (QED) is 0.636. The van der Waals surface area contributed by atoms with Crippen molar-refractivity contribution in [3.8, 4) is 16.9 Å². The molecule has 3 aromatic rings. The number of ketones is 1. The van der Waals surface area contributed by atoms with E-state index in [1.54, 1.807) is 24.3 Å². The van der Waals surface area contributed by atoms with Crippen LogP contribution in [0.5, 0.6) is 5.75 Å². The normalized spacial score (nSPS) is 10.3. The summed E-state index contributed by atoms with van der Waals surface area (Å²) in [6.45, 7) is -0.117. The Kier molecular flexibility index (Phi) is 4.48. The molecule has 0 saturated heterocycles. The molecule has 23 heavy (non-hydrogen) atoms. The first-order valence-corrected chi connectivity index (χ1v) is 7.30. The zero-order chi connectivity index (χ0) is 16.1. The predicted molar refractivity (Wildman–Crippen MR) is 88.1 cm³/mol. The number of hydrogen-bond donors (Lipinski definition) is 0. The molecule has 0 N–H and O–H groups in total. The highest BCUT2D eigenvalue weighted by atomic mass is 19.1. The molecule has 0 unspecified atom stereocenters. The van der Waals surface area contributed by atoms with Crippen LogP contribution in [-0.4, -0.2) is 12.4 Å². The fourth-order valence-electron chi connectivity index (χ4n) is 2.29. The second-order valence-corrected chi connectivity index (χ2v) is 5.09. The SMILES string of the molecule is O=C(COc1ccccc1)c1ccc(-c2ccccc2)c(F)c1. The van der Waals surface area contributed by atoms with E-state index in [-0.39, 0.29) is 12.4 Å². The smallest absolute Gasteiger partial charge is 0.200 e. The molecule has 0 atom stereocenters. The minimum absolute atomic E-state index is 0.117. The molecule has 0 heterocycles. The fraction of sp³-hybridized carbons (Fsp3) is 0.0500. The standard InChI is InChI=1S/C20H15FO2/c21-19-13-16(11-12-18(19)15-7-3-1-4-8-15)20(22)14-23-17-9-5-2-6-10-17/h1-13H,14H2. The monoisotopic (exact) mass is 306 g/mol. The minimum Gasteiger partial charge on any atom is -0.485 e. The average molecular weight is 306 g/mol. The highest BCUT2D eigenvalue weighted by Crippen LogP contribution is 2.23. The summed E-state index contributed by atoms with van der Waals surface area (Å²) in [6, 6.07) is 22.8. The Labute approximate surface area is 134 Å². The minimum atomic E-state index is -0.415. The summed E-state index contributed by atoms with van der Waals surface area (Å²) in [4.78, 5) is 12.1. The summed E-state index contributed by atoms with van der Waals surface area (Å²) in [5.74, 6) is -0.0589. The number of carbonyl (C=O) groups excluding carboxylic acids is 1. The first-order chi connectivity index (χ1) is 11.2. The van der Waals surface area contributed by atoms with Gasteiger partial charge >= 0.3 is 0 Å². The highest BCUT2D eigenvalue weighted by molar-refractivity contribution is 5.97. The lowest BCUT2D eigenvalue weighted by Gasteiger charge is -2.07. The lowest BCUT2D eigenvalue weighted by Crippen LogP contribution is -2.11. The number of Topliss-reactive ketones (excluding diaryl/α,β-unsaturated/α-hetero) is 1. The van der Waals surface area contributed by atoms with E-state index in [9.17, 15) is 9.18 Å². The van der Waals surface area contributed by atoms with Crippen molar-refractivity contribution in [2.24, 2.45) is 0 Å². The maximum Gasteiger partial charge on any atom is 0.200 e. The highest BCUT2D eigenvalue weighted by Gasteiger charge is 2.11. The molecule has 0 aromatic heterocycles. The van der Waals surface area contributed by atoms with E-state index in [0.717, 1.165) is 5.56 Å². The number of benzene rings is 3. The Bertz CT molecular complexity index is 798. The molecule has 3 heteroatoms. The van der Waals surface area contributed by atoms with E-state index >= 15 is 0 Å². The third kappa shape index (κ3) is 3.64. The van der Waals surface area contributed by atoms with Crippen LogP contribution in [0, 0.1) is 5.82 Å². The molecule has 0 bridgehead atoms. The number of rotatable bonds is 5. The summed E-state index contributed by atoms with van der Waals surface area (Å²) in [5, 5.41) is 0. The second kappa shape index (κ2) is 6.88. The molecule has 3 rings (SSSR count). The molecule has 0 amide bonds. The number of halogens is 1. The summed E-state index contributed by atoms with van der Waals surface area (Å²) in [7, 11) is 0. The molecule has 3 aromatic carbocycles. The van der Waals surface area contributed by atoms with E-state index in [1.807, 2.05) is 48.5 Å². The van der Waals surface area contributed by atoms with Crippen LogP contribution in [0.25, 0.3) is 11.1 Å². The second-order valence-electron chi connectivity index (χ2n) is 5.09. The van der Waals surface area contributed by atoms with E-state index < -0.39 is 5.82 Å². The van der Waals surface area contributed by atoms with Crippen LogP contribution in [-0.2, 0) is 0 Å². The van der Waals surface area contributed by atoms with Crippen LogP contribution < -0.4 is 4.74 Å². The molecule has 0 aliphatic carbocycles.